The zero-order valence-electron chi connectivity index (χ0n) is 57.2. The second-order valence-electron chi connectivity index (χ2n) is 26.2. The van der Waals surface area contributed by atoms with Crippen LogP contribution < -0.4 is 32.3 Å². The monoisotopic (exact) mass is 1190 g/mol. The number of amides is 3. The standard InChI is InChI=1S/C74H151N7O3/c1-4-7-10-13-16-19-22-25-28-31-32-35-38-41-44-47-50-60-72(82)79-67-52-51-59-71(80-73(83)70-78-66-58-65-77-63-54-53-62-76-64-57-61-75)74(84)81(68-55-48-45-42-39-36-33-29-26-23-20-17-14-11-8-5-2)69-56-49-46-43-40-37-34-30-27-24-21-18-15-12-9-6-3/h71,76-78H,4-70,75H2,1-3H3,(H,79,82)(H,80,83). The van der Waals surface area contributed by atoms with Crippen LogP contribution in [0.3, 0.4) is 0 Å². The smallest absolute Gasteiger partial charge is 0.245 e. The van der Waals surface area contributed by atoms with Crippen LogP contribution in [0.4, 0.5) is 0 Å². The number of hydrogen-bond acceptors (Lipinski definition) is 7. The van der Waals surface area contributed by atoms with Gasteiger partial charge in [0.15, 0.2) is 0 Å². The Morgan fingerprint density at radius 3 is 0.964 bits per heavy atom. The third kappa shape index (κ3) is 64.7. The van der Waals surface area contributed by atoms with Gasteiger partial charge in [-0.1, -0.05) is 316 Å². The van der Waals surface area contributed by atoms with E-state index >= 15 is 0 Å². The summed E-state index contributed by atoms with van der Waals surface area (Å²) in [5, 5.41) is 16.7. The number of nitrogens with two attached hydrogens (primary N) is 1. The van der Waals surface area contributed by atoms with Crippen LogP contribution >= 0.6 is 0 Å². The van der Waals surface area contributed by atoms with Crippen LogP contribution in [0, 0.1) is 0 Å². The normalized spacial score (nSPS) is 11.9. The van der Waals surface area contributed by atoms with Crippen LogP contribution in [0.2, 0.25) is 0 Å². The number of nitrogens with one attached hydrogen (secondary N) is 5. The first-order chi connectivity index (χ1) is 41.5. The predicted molar refractivity (Wildman–Crippen MR) is 369 cm³/mol. The Kier molecular flexibility index (Phi) is 70.5. The SMILES string of the molecule is CCCCCCCCCCCCCCCCCCCC(=O)NCCCCC(NC(=O)CNCCCNCCCCNCCCN)C(=O)N(CCCCCCCCCCCCCCCCCC)CCCCCCCCCCCCCCCCCC. The summed E-state index contributed by atoms with van der Waals surface area (Å²) in [5.41, 5.74) is 5.60. The first kappa shape index (κ1) is 82.2. The van der Waals surface area contributed by atoms with E-state index in [2.05, 4.69) is 52.3 Å². The quantitative estimate of drug-likeness (QED) is 0.0333. The highest BCUT2D eigenvalue weighted by Crippen LogP contribution is 2.19. The van der Waals surface area contributed by atoms with E-state index in [0.29, 0.717) is 19.4 Å². The summed E-state index contributed by atoms with van der Waals surface area (Å²) in [7, 11) is 0. The van der Waals surface area contributed by atoms with Gasteiger partial charge in [0.1, 0.15) is 6.04 Å². The maximum atomic E-state index is 14.7. The van der Waals surface area contributed by atoms with Crippen molar-refractivity contribution in [3.05, 3.63) is 0 Å². The maximum absolute atomic E-state index is 14.7. The number of rotatable bonds is 73. The average molecular weight is 1190 g/mol. The molecule has 1 unspecified atom stereocenters. The first-order valence-corrected chi connectivity index (χ1v) is 38.2. The summed E-state index contributed by atoms with van der Waals surface area (Å²) in [4.78, 5) is 43.2. The van der Waals surface area contributed by atoms with Crippen molar-refractivity contribution in [2.24, 2.45) is 5.73 Å². The molecule has 0 saturated heterocycles. The molecule has 0 heterocycles. The molecule has 0 aliphatic heterocycles. The molecular formula is C74H151N7O3. The zero-order chi connectivity index (χ0) is 60.8. The number of hydrogen-bond donors (Lipinski definition) is 6. The molecule has 0 radical (unpaired) electrons. The summed E-state index contributed by atoms with van der Waals surface area (Å²) in [6.07, 6.45) is 72.5. The Balaban J connectivity index is 5.13. The van der Waals surface area contributed by atoms with Crippen molar-refractivity contribution >= 4 is 17.7 Å². The maximum Gasteiger partial charge on any atom is 0.245 e. The van der Waals surface area contributed by atoms with E-state index in [1.165, 1.54) is 276 Å². The average Bonchev–Trinajstić information content (AvgIpc) is 3.51. The van der Waals surface area contributed by atoms with Gasteiger partial charge in [-0.2, -0.15) is 0 Å². The van der Waals surface area contributed by atoms with Gasteiger partial charge >= 0.3 is 0 Å². The molecule has 0 bridgehead atoms. The molecule has 0 aromatic carbocycles. The van der Waals surface area contributed by atoms with E-state index in [1.807, 2.05) is 0 Å². The number of unbranched alkanes of at least 4 members (excludes halogenated alkanes) is 48. The molecule has 10 heteroatoms. The lowest BCUT2D eigenvalue weighted by molar-refractivity contribution is -0.136. The lowest BCUT2D eigenvalue weighted by Gasteiger charge is -2.28. The predicted octanol–water partition coefficient (Wildman–Crippen LogP) is 19.4. The fraction of sp³-hybridized carbons (Fsp3) is 0.959. The van der Waals surface area contributed by atoms with Gasteiger partial charge in [-0.15, -0.1) is 0 Å². The fourth-order valence-corrected chi connectivity index (χ4v) is 12.1. The molecule has 7 N–H and O–H groups in total. The molecule has 0 spiro atoms. The zero-order valence-corrected chi connectivity index (χ0v) is 57.2. The summed E-state index contributed by atoms with van der Waals surface area (Å²) >= 11 is 0. The number of nitrogens with zero attached hydrogens (tertiary/aromatic N) is 1. The minimum Gasteiger partial charge on any atom is -0.356 e. The van der Waals surface area contributed by atoms with Crippen LogP contribution in [0.5, 0.6) is 0 Å². The van der Waals surface area contributed by atoms with Crippen LogP contribution in [-0.4, -0.2) is 94.1 Å². The van der Waals surface area contributed by atoms with Crippen molar-refractivity contribution in [3.8, 4) is 0 Å². The summed E-state index contributed by atoms with van der Waals surface area (Å²) in [5.74, 6) is 0.135. The molecular weight excluding hydrogens is 1030 g/mol. The van der Waals surface area contributed by atoms with Crippen molar-refractivity contribution in [2.45, 2.75) is 393 Å². The Morgan fingerprint density at radius 1 is 0.310 bits per heavy atom. The summed E-state index contributed by atoms with van der Waals surface area (Å²) in [6, 6.07) is -0.543. The lowest BCUT2D eigenvalue weighted by Crippen LogP contribution is -2.51. The van der Waals surface area contributed by atoms with Crippen LogP contribution in [-0.2, 0) is 14.4 Å². The van der Waals surface area contributed by atoms with Gasteiger partial charge in [-0.25, -0.2) is 0 Å². The fourth-order valence-electron chi connectivity index (χ4n) is 12.1. The molecule has 500 valence electrons. The van der Waals surface area contributed by atoms with Crippen molar-refractivity contribution < 1.29 is 14.4 Å². The van der Waals surface area contributed by atoms with Gasteiger partial charge in [0.05, 0.1) is 6.54 Å². The van der Waals surface area contributed by atoms with E-state index in [-0.39, 0.29) is 24.3 Å². The van der Waals surface area contributed by atoms with Gasteiger partial charge in [0, 0.05) is 26.1 Å². The highest BCUT2D eigenvalue weighted by Gasteiger charge is 2.25. The van der Waals surface area contributed by atoms with Crippen molar-refractivity contribution in [1.29, 1.82) is 0 Å². The minimum absolute atomic E-state index is 0.0897. The molecule has 0 saturated carbocycles. The van der Waals surface area contributed by atoms with Gasteiger partial charge in [-0.05, 0) is 103 Å². The van der Waals surface area contributed by atoms with E-state index < -0.39 is 6.04 Å². The molecule has 0 aliphatic carbocycles. The second kappa shape index (κ2) is 72.0. The summed E-state index contributed by atoms with van der Waals surface area (Å²) < 4.78 is 0. The highest BCUT2D eigenvalue weighted by molar-refractivity contribution is 5.88. The molecule has 0 rings (SSSR count). The van der Waals surface area contributed by atoms with Gasteiger partial charge < -0.3 is 37.2 Å². The largest absolute Gasteiger partial charge is 0.356 e. The molecule has 10 nitrogen and oxygen atoms in total. The van der Waals surface area contributed by atoms with Crippen molar-refractivity contribution in [2.75, 3.05) is 65.4 Å². The molecule has 84 heavy (non-hydrogen) atoms. The molecule has 3 amide bonds. The topological polar surface area (TPSA) is 141 Å². The van der Waals surface area contributed by atoms with E-state index in [0.717, 1.165) is 129 Å². The van der Waals surface area contributed by atoms with Crippen molar-refractivity contribution in [3.63, 3.8) is 0 Å². The van der Waals surface area contributed by atoms with Gasteiger partial charge in [0.25, 0.3) is 0 Å². The number of carbonyl (C=O) groups excluding carboxylic acids is 3. The third-order valence-corrected chi connectivity index (χ3v) is 17.8. The van der Waals surface area contributed by atoms with Crippen molar-refractivity contribution in [1.82, 2.24) is 31.5 Å². The molecule has 0 aromatic heterocycles. The highest BCUT2D eigenvalue weighted by atomic mass is 16.2. The van der Waals surface area contributed by atoms with E-state index in [1.54, 1.807) is 0 Å². The molecule has 0 aromatic rings. The Labute approximate surface area is 525 Å². The molecule has 0 fully saturated rings. The number of carbonyl (C=O) groups is 3. The second-order valence-corrected chi connectivity index (χ2v) is 26.2. The lowest BCUT2D eigenvalue weighted by atomic mass is 10.0. The Morgan fingerprint density at radius 2 is 0.607 bits per heavy atom. The van der Waals surface area contributed by atoms with Crippen LogP contribution in [0.15, 0.2) is 0 Å². The molecule has 1 atom stereocenters. The van der Waals surface area contributed by atoms with Crippen LogP contribution in [0.1, 0.15) is 387 Å². The van der Waals surface area contributed by atoms with Gasteiger partial charge in [-0.3, -0.25) is 14.4 Å². The van der Waals surface area contributed by atoms with E-state index in [9.17, 15) is 14.4 Å². The Hall–Kier alpha value is -1.75. The van der Waals surface area contributed by atoms with E-state index in [4.69, 9.17) is 5.73 Å². The minimum atomic E-state index is -0.543. The third-order valence-electron chi connectivity index (χ3n) is 17.8. The summed E-state index contributed by atoms with van der Waals surface area (Å²) in [6.45, 7) is 14.7. The van der Waals surface area contributed by atoms with Gasteiger partial charge in [0.2, 0.25) is 17.7 Å². The molecule has 0 aliphatic rings. The Bertz CT molecular complexity index is 1270. The van der Waals surface area contributed by atoms with Crippen LogP contribution in [0.25, 0.3) is 0 Å². The first-order valence-electron chi connectivity index (χ1n) is 38.2.